The van der Waals surface area contributed by atoms with Crippen LogP contribution in [-0.2, 0) is 0 Å². The smallest absolute Gasteiger partial charge is 0.237 e. The van der Waals surface area contributed by atoms with E-state index in [1.165, 1.54) is 6.21 Å². The van der Waals surface area contributed by atoms with Gasteiger partial charge in [-0.25, -0.2) is 5.48 Å². The van der Waals surface area contributed by atoms with Gasteiger partial charge < -0.3 is 5.73 Å². The molecule has 0 atom stereocenters. The molecule has 0 heterocycles. The molecule has 0 unspecified atom stereocenters. The van der Waals surface area contributed by atoms with E-state index in [-0.39, 0.29) is 5.96 Å². The average Bonchev–Trinajstić information content (AvgIpc) is 2.23. The Morgan fingerprint density at radius 3 is 2.93 bits per heavy atom. The Labute approximate surface area is 95.8 Å². The molecule has 0 fully saturated rings. The number of hydroxylamine groups is 1. The predicted octanol–water partition coefficient (Wildman–Crippen LogP) is 1.38. The zero-order valence-corrected chi connectivity index (χ0v) is 9.69. The van der Waals surface area contributed by atoms with Crippen molar-refractivity contribution in [1.29, 1.82) is 0 Å². The second-order valence-electron chi connectivity index (χ2n) is 2.85. The molecular formula is C9H11BrN4O. The van der Waals surface area contributed by atoms with E-state index in [4.69, 9.17) is 10.9 Å². The average molecular weight is 271 g/mol. The summed E-state index contributed by atoms with van der Waals surface area (Å²) in [5.74, 6) is -0.155. The van der Waals surface area contributed by atoms with Crippen molar-refractivity contribution in [3.05, 3.63) is 33.8 Å². The zero-order chi connectivity index (χ0) is 11.3. The van der Waals surface area contributed by atoms with E-state index < -0.39 is 0 Å². The molecule has 0 aliphatic rings. The summed E-state index contributed by atoms with van der Waals surface area (Å²) in [7, 11) is 0. The number of nitrogens with zero attached hydrogens (tertiary/aromatic N) is 2. The van der Waals surface area contributed by atoms with Crippen molar-refractivity contribution in [1.82, 2.24) is 5.48 Å². The first-order chi connectivity index (χ1) is 7.13. The van der Waals surface area contributed by atoms with Crippen LogP contribution in [0.15, 0.2) is 32.9 Å². The Morgan fingerprint density at radius 2 is 2.33 bits per heavy atom. The number of halogens is 1. The van der Waals surface area contributed by atoms with Gasteiger partial charge in [-0.05, 0) is 24.1 Å². The Kier molecular flexibility index (Phi) is 4.26. The molecule has 0 bridgehead atoms. The van der Waals surface area contributed by atoms with Crippen LogP contribution in [0.2, 0.25) is 0 Å². The number of nitrogens with two attached hydrogens (primary N) is 1. The third-order valence-electron chi connectivity index (χ3n) is 1.68. The highest BCUT2D eigenvalue weighted by molar-refractivity contribution is 9.10. The van der Waals surface area contributed by atoms with Gasteiger partial charge in [0.1, 0.15) is 0 Å². The van der Waals surface area contributed by atoms with E-state index in [1.54, 1.807) is 5.48 Å². The van der Waals surface area contributed by atoms with Crippen LogP contribution in [0.3, 0.4) is 0 Å². The molecule has 0 aliphatic carbocycles. The maximum absolute atomic E-state index is 8.33. The maximum Gasteiger partial charge on any atom is 0.237 e. The SMILES string of the molecule is Cc1ccc(C=N/N=C(\N)NO)cc1Br. The Bertz CT molecular complexity index is 403. The molecule has 0 radical (unpaired) electrons. The van der Waals surface area contributed by atoms with Gasteiger partial charge in [-0.3, -0.25) is 5.21 Å². The van der Waals surface area contributed by atoms with Crippen LogP contribution in [0.25, 0.3) is 0 Å². The summed E-state index contributed by atoms with van der Waals surface area (Å²) in [5, 5.41) is 15.5. The second kappa shape index (κ2) is 5.47. The van der Waals surface area contributed by atoms with Crippen molar-refractivity contribution in [2.24, 2.45) is 15.9 Å². The van der Waals surface area contributed by atoms with Gasteiger partial charge in [-0.2, -0.15) is 5.10 Å². The first-order valence-electron chi connectivity index (χ1n) is 4.16. The number of hydrogen-bond acceptors (Lipinski definition) is 3. The number of aryl methyl sites for hydroxylation is 1. The number of guanidine groups is 1. The molecule has 1 rings (SSSR count). The monoisotopic (exact) mass is 270 g/mol. The third kappa shape index (κ3) is 3.69. The molecular weight excluding hydrogens is 260 g/mol. The summed E-state index contributed by atoms with van der Waals surface area (Å²) in [6, 6.07) is 5.78. The molecule has 4 N–H and O–H groups in total. The summed E-state index contributed by atoms with van der Waals surface area (Å²) >= 11 is 3.41. The molecule has 0 aliphatic heterocycles. The minimum atomic E-state index is -0.155. The summed E-state index contributed by atoms with van der Waals surface area (Å²) in [5.41, 5.74) is 8.87. The van der Waals surface area contributed by atoms with Gasteiger partial charge in [0.15, 0.2) is 0 Å². The van der Waals surface area contributed by atoms with Gasteiger partial charge in [0.25, 0.3) is 0 Å². The molecule has 0 spiro atoms. The lowest BCUT2D eigenvalue weighted by Gasteiger charge is -1.98. The van der Waals surface area contributed by atoms with E-state index in [1.807, 2.05) is 25.1 Å². The lowest BCUT2D eigenvalue weighted by Crippen LogP contribution is -2.27. The first kappa shape index (κ1) is 11.7. The van der Waals surface area contributed by atoms with Gasteiger partial charge in [0.2, 0.25) is 5.96 Å². The fourth-order valence-electron chi connectivity index (χ4n) is 0.870. The highest BCUT2D eigenvalue weighted by Crippen LogP contribution is 2.16. The molecule has 5 nitrogen and oxygen atoms in total. The van der Waals surface area contributed by atoms with Crippen molar-refractivity contribution in [3.8, 4) is 0 Å². The Hall–Kier alpha value is -1.40. The van der Waals surface area contributed by atoms with Crippen LogP contribution >= 0.6 is 15.9 Å². The number of hydrogen-bond donors (Lipinski definition) is 3. The molecule has 1 aromatic rings. The largest absolute Gasteiger partial charge is 0.367 e. The molecule has 80 valence electrons. The minimum Gasteiger partial charge on any atom is -0.367 e. The lowest BCUT2D eigenvalue weighted by atomic mass is 10.2. The number of nitrogens with one attached hydrogen (secondary N) is 1. The summed E-state index contributed by atoms with van der Waals surface area (Å²) < 4.78 is 1.00. The van der Waals surface area contributed by atoms with Crippen molar-refractivity contribution < 1.29 is 5.21 Å². The van der Waals surface area contributed by atoms with E-state index in [0.29, 0.717) is 0 Å². The van der Waals surface area contributed by atoms with Crippen molar-refractivity contribution >= 4 is 28.1 Å². The molecule has 6 heteroatoms. The van der Waals surface area contributed by atoms with Gasteiger partial charge in [-0.15, -0.1) is 5.10 Å². The molecule has 0 aromatic heterocycles. The van der Waals surface area contributed by atoms with E-state index >= 15 is 0 Å². The summed E-state index contributed by atoms with van der Waals surface area (Å²) in [6.07, 6.45) is 1.54. The van der Waals surface area contributed by atoms with Gasteiger partial charge >= 0.3 is 0 Å². The standard InChI is InChI=1S/C9H11BrN4O/c1-6-2-3-7(4-8(6)10)5-12-13-9(11)14-15/h2-5,15H,1H3,(H3,11,13,14). The third-order valence-corrected chi connectivity index (χ3v) is 2.54. The molecule has 0 saturated heterocycles. The minimum absolute atomic E-state index is 0.155. The van der Waals surface area contributed by atoms with Crippen molar-refractivity contribution in [2.45, 2.75) is 6.92 Å². The van der Waals surface area contributed by atoms with Crippen molar-refractivity contribution in [3.63, 3.8) is 0 Å². The normalized spacial score (nSPS) is 12.1. The van der Waals surface area contributed by atoms with Crippen LogP contribution in [0.5, 0.6) is 0 Å². The summed E-state index contributed by atoms with van der Waals surface area (Å²) in [4.78, 5) is 0. The van der Waals surface area contributed by atoms with Crippen LogP contribution in [0, 0.1) is 6.92 Å². The highest BCUT2D eigenvalue weighted by Gasteiger charge is 1.94. The molecule has 15 heavy (non-hydrogen) atoms. The maximum atomic E-state index is 8.33. The van der Waals surface area contributed by atoms with Gasteiger partial charge in [0, 0.05) is 4.47 Å². The lowest BCUT2D eigenvalue weighted by molar-refractivity contribution is 0.232. The first-order valence-corrected chi connectivity index (χ1v) is 4.95. The van der Waals surface area contributed by atoms with Crippen LogP contribution in [0.4, 0.5) is 0 Å². The van der Waals surface area contributed by atoms with Gasteiger partial charge in [-0.1, -0.05) is 28.1 Å². The Balaban J connectivity index is 2.77. The van der Waals surface area contributed by atoms with Crippen molar-refractivity contribution in [2.75, 3.05) is 0 Å². The van der Waals surface area contributed by atoms with Crippen LogP contribution in [0.1, 0.15) is 11.1 Å². The topological polar surface area (TPSA) is 83.0 Å². The highest BCUT2D eigenvalue weighted by atomic mass is 79.9. The van der Waals surface area contributed by atoms with E-state index in [2.05, 4.69) is 26.1 Å². The number of rotatable bonds is 2. The van der Waals surface area contributed by atoms with E-state index in [9.17, 15) is 0 Å². The number of benzene rings is 1. The summed E-state index contributed by atoms with van der Waals surface area (Å²) in [6.45, 7) is 2.00. The molecule has 0 saturated carbocycles. The van der Waals surface area contributed by atoms with Crippen LogP contribution < -0.4 is 11.2 Å². The van der Waals surface area contributed by atoms with Crippen LogP contribution in [-0.4, -0.2) is 17.4 Å². The predicted molar refractivity (Wildman–Crippen MR) is 63.0 cm³/mol. The van der Waals surface area contributed by atoms with E-state index in [0.717, 1.165) is 15.6 Å². The zero-order valence-electron chi connectivity index (χ0n) is 8.11. The fraction of sp³-hybridized carbons (Fsp3) is 0.111. The Morgan fingerprint density at radius 1 is 1.60 bits per heavy atom. The quantitative estimate of drug-likeness (QED) is 0.431. The second-order valence-corrected chi connectivity index (χ2v) is 3.70. The fourth-order valence-corrected chi connectivity index (χ4v) is 1.27. The molecule has 1 aromatic carbocycles. The van der Waals surface area contributed by atoms with Gasteiger partial charge in [0.05, 0.1) is 6.21 Å². The molecule has 0 amide bonds.